The van der Waals surface area contributed by atoms with E-state index in [0.29, 0.717) is 44.9 Å². The molecule has 21 nitrogen and oxygen atoms in total. The number of phosphoric acid groups is 1. The first-order valence-corrected chi connectivity index (χ1v) is 24.1. The number of nitrogens with one attached hydrogen (secondary N) is 1. The summed E-state index contributed by atoms with van der Waals surface area (Å²) in [5.74, 6) is -0.684. The van der Waals surface area contributed by atoms with Crippen molar-refractivity contribution in [1.82, 2.24) is 20.3 Å². The van der Waals surface area contributed by atoms with Crippen molar-refractivity contribution in [1.29, 1.82) is 0 Å². The lowest BCUT2D eigenvalue weighted by atomic mass is 9.90. The average molecular weight is 939 g/mol. The minimum Gasteiger partial charge on any atom is -0.394 e. The van der Waals surface area contributed by atoms with Gasteiger partial charge in [-0.2, -0.15) is 0 Å². The van der Waals surface area contributed by atoms with Crippen LogP contribution in [-0.2, 0) is 78.6 Å². The molecule has 3 aliphatic heterocycles. The molecule has 1 amide bonds. The molecule has 0 radical (unpaired) electrons. The summed E-state index contributed by atoms with van der Waals surface area (Å²) in [6.45, 7) is 18.2. The fourth-order valence-corrected chi connectivity index (χ4v) is 9.55. The lowest BCUT2D eigenvalue weighted by molar-refractivity contribution is -0.196. The first-order chi connectivity index (χ1) is 30.4. The topological polar surface area (TPSA) is 256 Å². The molecule has 1 aromatic rings. The Labute approximate surface area is 377 Å². The van der Waals surface area contributed by atoms with Gasteiger partial charge in [-0.25, -0.2) is 9.25 Å². The van der Waals surface area contributed by atoms with Crippen molar-refractivity contribution in [2.24, 2.45) is 0 Å². The molecule has 370 valence electrons. The van der Waals surface area contributed by atoms with Gasteiger partial charge in [0, 0.05) is 45.2 Å². The molecule has 22 heteroatoms. The van der Waals surface area contributed by atoms with Crippen LogP contribution in [-0.4, -0.2) is 186 Å². The van der Waals surface area contributed by atoms with Gasteiger partial charge in [-0.1, -0.05) is 5.21 Å². The number of amides is 1. The van der Waals surface area contributed by atoms with Gasteiger partial charge in [-0.05, 0) is 55.4 Å². The second kappa shape index (κ2) is 27.1. The molecule has 0 saturated carbocycles. The lowest BCUT2D eigenvalue weighted by Gasteiger charge is -2.42. The van der Waals surface area contributed by atoms with Crippen LogP contribution >= 0.6 is 7.82 Å². The predicted molar refractivity (Wildman–Crippen MR) is 228 cm³/mol. The minimum atomic E-state index is -4.20. The van der Waals surface area contributed by atoms with E-state index in [1.807, 2.05) is 48.5 Å². The van der Waals surface area contributed by atoms with E-state index >= 15 is 0 Å². The molecule has 4 rings (SSSR count). The van der Waals surface area contributed by atoms with Gasteiger partial charge in [-0.3, -0.25) is 23.2 Å². The molecule has 0 spiro atoms. The Bertz CT molecular complexity index is 1570. The molecule has 3 saturated heterocycles. The number of aliphatic hydroxyl groups is 3. The highest BCUT2D eigenvalue weighted by molar-refractivity contribution is 7.48. The zero-order valence-corrected chi connectivity index (χ0v) is 39.9. The largest absolute Gasteiger partial charge is 0.475 e. The molecule has 0 bridgehead atoms. The van der Waals surface area contributed by atoms with Crippen LogP contribution in [0.2, 0.25) is 0 Å². The molecule has 4 heterocycles. The van der Waals surface area contributed by atoms with Crippen molar-refractivity contribution in [3.05, 3.63) is 11.9 Å². The standard InChI is InChI=1S/C42H75N4O17P/c1-25(2)57-29(7)41-36(21-28(6)59-41)63-64(52,62-30(8)42-35(58-26(3)4)20-27(5)60-42)56-14-10-32-23-46(45-44-32)12-15-54-17-19-55-18-16-53-13-11-33(49)22-34-38(43-31(9)48)40(51)39(50)37(24-47)61-34/h23,25-30,34-42,47,50-51H,10-22,24H2,1-9H3,(H,43,48)/t27-,28-,29?,30?,34?,35+,36+,37?,38?,39?,40?,41+,42+,64?/m0/s1. The quantitative estimate of drug-likeness (QED) is 0.0636. The molecule has 64 heavy (non-hydrogen) atoms. The van der Waals surface area contributed by atoms with Crippen LogP contribution in [0.5, 0.6) is 0 Å². The second-order valence-electron chi connectivity index (χ2n) is 17.3. The van der Waals surface area contributed by atoms with Gasteiger partial charge in [0.05, 0.1) is 120 Å². The van der Waals surface area contributed by atoms with Gasteiger partial charge in [0.25, 0.3) is 0 Å². The van der Waals surface area contributed by atoms with E-state index in [4.69, 9.17) is 51.5 Å². The second-order valence-corrected chi connectivity index (χ2v) is 18.9. The maximum atomic E-state index is 14.5. The van der Waals surface area contributed by atoms with Gasteiger partial charge in [0.15, 0.2) is 0 Å². The third-order valence-corrected chi connectivity index (χ3v) is 12.4. The molecular weight excluding hydrogens is 863 g/mol. The van der Waals surface area contributed by atoms with E-state index in [9.17, 15) is 29.5 Å². The highest BCUT2D eigenvalue weighted by atomic mass is 31.2. The van der Waals surface area contributed by atoms with E-state index < -0.39 is 75.2 Å². The smallest absolute Gasteiger partial charge is 0.394 e. The summed E-state index contributed by atoms with van der Waals surface area (Å²) in [6, 6.07) is -1.00. The normalized spacial score (nSPS) is 30.5. The third-order valence-electron chi connectivity index (χ3n) is 10.8. The number of ether oxygens (including phenoxy) is 8. The van der Waals surface area contributed by atoms with Crippen LogP contribution in [0, 0.1) is 0 Å². The van der Waals surface area contributed by atoms with Crippen LogP contribution < -0.4 is 5.32 Å². The number of hydrogen-bond donors (Lipinski definition) is 4. The van der Waals surface area contributed by atoms with E-state index in [1.54, 1.807) is 17.8 Å². The Kier molecular flexibility index (Phi) is 23.1. The summed E-state index contributed by atoms with van der Waals surface area (Å²) in [6.07, 6.45) is -4.76. The predicted octanol–water partition coefficient (Wildman–Crippen LogP) is 2.08. The molecule has 0 aliphatic carbocycles. The van der Waals surface area contributed by atoms with Crippen molar-refractivity contribution in [3.8, 4) is 0 Å². The van der Waals surface area contributed by atoms with Crippen LogP contribution in [0.15, 0.2) is 6.20 Å². The Morgan fingerprint density at radius 2 is 1.47 bits per heavy atom. The number of hydrogen-bond acceptors (Lipinski definition) is 19. The van der Waals surface area contributed by atoms with Crippen molar-refractivity contribution >= 4 is 19.5 Å². The Morgan fingerprint density at radius 1 is 0.844 bits per heavy atom. The number of carbonyl (C=O) groups excluding carboxylic acids is 2. The number of rotatable bonds is 30. The fraction of sp³-hybridized carbons (Fsp3) is 0.905. The van der Waals surface area contributed by atoms with Crippen molar-refractivity contribution in [2.75, 3.05) is 52.9 Å². The summed E-state index contributed by atoms with van der Waals surface area (Å²) in [5.41, 5.74) is 0.614. The van der Waals surface area contributed by atoms with Crippen molar-refractivity contribution in [2.45, 2.75) is 192 Å². The lowest BCUT2D eigenvalue weighted by Crippen LogP contribution is -2.64. The molecule has 3 aliphatic rings. The highest BCUT2D eigenvalue weighted by Crippen LogP contribution is 2.54. The molecular formula is C42H75N4O17P. The van der Waals surface area contributed by atoms with E-state index in [0.717, 1.165) is 0 Å². The van der Waals surface area contributed by atoms with Crippen LogP contribution in [0.1, 0.15) is 93.7 Å². The number of aromatic nitrogens is 3. The summed E-state index contributed by atoms with van der Waals surface area (Å²) < 4.78 is 81.4. The molecule has 14 atom stereocenters. The monoisotopic (exact) mass is 938 g/mol. The summed E-state index contributed by atoms with van der Waals surface area (Å²) >= 11 is 0. The number of aliphatic hydroxyl groups excluding tert-OH is 3. The van der Waals surface area contributed by atoms with Crippen molar-refractivity contribution < 1.29 is 80.9 Å². The number of carbonyl (C=O) groups is 2. The van der Waals surface area contributed by atoms with E-state index in [-0.39, 0.29) is 88.1 Å². The van der Waals surface area contributed by atoms with Gasteiger partial charge in [0.1, 0.15) is 42.4 Å². The molecule has 8 unspecified atom stereocenters. The summed E-state index contributed by atoms with van der Waals surface area (Å²) in [7, 11) is -4.20. The first kappa shape index (κ1) is 54.6. The van der Waals surface area contributed by atoms with Crippen LogP contribution in [0.4, 0.5) is 0 Å². The molecule has 3 fully saturated rings. The number of ketones is 1. The van der Waals surface area contributed by atoms with Gasteiger partial charge >= 0.3 is 7.82 Å². The maximum Gasteiger partial charge on any atom is 0.475 e. The number of Topliss-reactive ketones (excluding diaryl/α,β-unsaturated/α-hetero) is 1. The maximum absolute atomic E-state index is 14.5. The molecule has 0 aromatic carbocycles. The van der Waals surface area contributed by atoms with E-state index in [1.165, 1.54) is 6.92 Å². The average Bonchev–Trinajstić information content (AvgIpc) is 3.93. The van der Waals surface area contributed by atoms with E-state index in [2.05, 4.69) is 15.6 Å². The van der Waals surface area contributed by atoms with Crippen molar-refractivity contribution in [3.63, 3.8) is 0 Å². The zero-order valence-electron chi connectivity index (χ0n) is 39.0. The van der Waals surface area contributed by atoms with Crippen LogP contribution in [0.25, 0.3) is 0 Å². The zero-order chi connectivity index (χ0) is 47.0. The number of phosphoric ester groups is 1. The fourth-order valence-electron chi connectivity index (χ4n) is 8.00. The summed E-state index contributed by atoms with van der Waals surface area (Å²) in [4.78, 5) is 24.2. The minimum absolute atomic E-state index is 0.0192. The Morgan fingerprint density at radius 3 is 2.09 bits per heavy atom. The molecule has 4 N–H and O–H groups in total. The number of nitrogens with zero attached hydrogens (tertiary/aromatic N) is 3. The summed E-state index contributed by atoms with van der Waals surface area (Å²) in [5, 5.41) is 41.0. The van der Waals surface area contributed by atoms with Gasteiger partial charge in [0.2, 0.25) is 5.91 Å². The SMILES string of the molecule is CC(=O)NC1C(CC(=O)CCOCCOCCOCCn2cc(CCOP(=O)(OC(C)[C@H]3O[C@@H](C)C[C@H]3OC(C)C)O[C@@H]3C[C@H](C)O[C@@H]3C(C)OC(C)C)nn2)OC(CO)C(O)C1O. The highest BCUT2D eigenvalue weighted by Gasteiger charge is 2.48. The molecule has 1 aromatic heterocycles. The Balaban J connectivity index is 1.15. The van der Waals surface area contributed by atoms with Gasteiger partial charge in [-0.15, -0.1) is 5.10 Å². The van der Waals surface area contributed by atoms with Crippen LogP contribution in [0.3, 0.4) is 0 Å². The Hall–Kier alpha value is -2.05. The first-order valence-electron chi connectivity index (χ1n) is 22.6. The third kappa shape index (κ3) is 17.9. The van der Waals surface area contributed by atoms with Gasteiger partial charge < -0.3 is 58.5 Å².